The number of carbonyl (C=O) groups excluding carboxylic acids is 1. The number of rotatable bonds is 2. The molecule has 20 heavy (non-hydrogen) atoms. The highest BCUT2D eigenvalue weighted by atomic mass is 16.2. The van der Waals surface area contributed by atoms with Crippen molar-refractivity contribution in [3.05, 3.63) is 29.3 Å². The number of aliphatic hydroxyl groups excluding tert-OH is 1. The van der Waals surface area contributed by atoms with E-state index in [-0.39, 0.29) is 18.2 Å². The van der Waals surface area contributed by atoms with Crippen LogP contribution in [0.2, 0.25) is 0 Å². The van der Waals surface area contributed by atoms with Crippen molar-refractivity contribution in [3.63, 3.8) is 0 Å². The molecule has 3 N–H and O–H groups in total. The molecule has 2 amide bonds. The summed E-state index contributed by atoms with van der Waals surface area (Å²) in [4.78, 5) is 11.8. The third-order valence-electron chi connectivity index (χ3n) is 2.29. The van der Waals surface area contributed by atoms with Crippen molar-refractivity contribution < 1.29 is 9.90 Å². The van der Waals surface area contributed by atoms with Gasteiger partial charge in [-0.2, -0.15) is 0 Å². The number of benzene rings is 1. The van der Waals surface area contributed by atoms with Gasteiger partial charge in [-0.05, 0) is 51.5 Å². The summed E-state index contributed by atoms with van der Waals surface area (Å²) in [5.74, 6) is 5.84. The highest BCUT2D eigenvalue weighted by Crippen LogP contribution is 2.14. The van der Waals surface area contributed by atoms with Gasteiger partial charge in [0.1, 0.15) is 0 Å². The minimum atomic E-state index is -0.280. The number of carbonyl (C=O) groups is 1. The molecular weight excluding hydrogens is 252 g/mol. The third-order valence-corrected chi connectivity index (χ3v) is 2.29. The summed E-state index contributed by atoms with van der Waals surface area (Å²) in [7, 11) is 0. The van der Waals surface area contributed by atoms with E-state index in [9.17, 15) is 4.79 Å². The summed E-state index contributed by atoms with van der Waals surface area (Å²) in [5.41, 5.74) is 2.27. The first-order valence-corrected chi connectivity index (χ1v) is 6.61. The van der Waals surface area contributed by atoms with Gasteiger partial charge in [-0.1, -0.05) is 11.8 Å². The Morgan fingerprint density at radius 3 is 2.60 bits per heavy atom. The van der Waals surface area contributed by atoms with Gasteiger partial charge in [0.25, 0.3) is 0 Å². The average molecular weight is 274 g/mol. The smallest absolute Gasteiger partial charge is 0.319 e. The number of amides is 2. The summed E-state index contributed by atoms with van der Waals surface area (Å²) >= 11 is 0. The normalized spacial score (nSPS) is 10.4. The van der Waals surface area contributed by atoms with E-state index >= 15 is 0 Å². The highest BCUT2D eigenvalue weighted by molar-refractivity contribution is 5.90. The SMILES string of the molecule is Cc1cc(C#CCCO)cc(NC(=O)NC(C)(C)C)c1. The Bertz CT molecular complexity index is 534. The molecule has 0 spiro atoms. The van der Waals surface area contributed by atoms with Crippen LogP contribution in [-0.2, 0) is 0 Å². The van der Waals surface area contributed by atoms with Crippen LogP contribution in [-0.4, -0.2) is 23.3 Å². The minimum absolute atomic E-state index is 0.0535. The molecule has 0 fully saturated rings. The van der Waals surface area contributed by atoms with Crippen LogP contribution < -0.4 is 10.6 Å². The van der Waals surface area contributed by atoms with Crippen molar-refractivity contribution in [1.29, 1.82) is 0 Å². The predicted octanol–water partition coefficient (Wildman–Crippen LogP) is 2.65. The number of urea groups is 1. The van der Waals surface area contributed by atoms with E-state index in [0.717, 1.165) is 11.1 Å². The second-order valence-corrected chi connectivity index (χ2v) is 5.69. The standard InChI is InChI=1S/C16H22N2O2/c1-12-9-13(7-5-6-8-19)11-14(10-12)17-15(20)18-16(2,3)4/h9-11,19H,6,8H2,1-4H3,(H2,17,18,20). The molecule has 0 aromatic heterocycles. The zero-order valence-electron chi connectivity index (χ0n) is 12.5. The molecule has 0 saturated heterocycles. The molecule has 0 saturated carbocycles. The van der Waals surface area contributed by atoms with Crippen molar-refractivity contribution in [2.75, 3.05) is 11.9 Å². The summed E-state index contributed by atoms with van der Waals surface area (Å²) in [5, 5.41) is 14.4. The number of hydrogen-bond acceptors (Lipinski definition) is 2. The molecule has 1 aromatic rings. The van der Waals surface area contributed by atoms with Gasteiger partial charge < -0.3 is 15.7 Å². The van der Waals surface area contributed by atoms with Crippen LogP contribution in [0, 0.1) is 18.8 Å². The van der Waals surface area contributed by atoms with Crippen LogP contribution in [0.15, 0.2) is 18.2 Å². The molecular formula is C16H22N2O2. The molecule has 1 aromatic carbocycles. The van der Waals surface area contributed by atoms with Gasteiger partial charge in [0.2, 0.25) is 0 Å². The minimum Gasteiger partial charge on any atom is -0.395 e. The van der Waals surface area contributed by atoms with Crippen molar-refractivity contribution in [2.24, 2.45) is 0 Å². The van der Waals surface area contributed by atoms with Crippen LogP contribution in [0.5, 0.6) is 0 Å². The Hall–Kier alpha value is -1.99. The lowest BCUT2D eigenvalue weighted by Gasteiger charge is -2.20. The lowest BCUT2D eigenvalue weighted by Crippen LogP contribution is -2.43. The second kappa shape index (κ2) is 6.97. The summed E-state index contributed by atoms with van der Waals surface area (Å²) in [6.07, 6.45) is 0.446. The van der Waals surface area contributed by atoms with Gasteiger partial charge in [0.05, 0.1) is 6.61 Å². The monoisotopic (exact) mass is 274 g/mol. The fourth-order valence-electron chi connectivity index (χ4n) is 1.65. The zero-order valence-corrected chi connectivity index (χ0v) is 12.5. The lowest BCUT2D eigenvalue weighted by atomic mass is 10.1. The zero-order chi connectivity index (χ0) is 15.2. The van der Waals surface area contributed by atoms with E-state index in [2.05, 4.69) is 22.5 Å². The van der Waals surface area contributed by atoms with Gasteiger partial charge in [-0.3, -0.25) is 0 Å². The van der Waals surface area contributed by atoms with Gasteiger partial charge in [0, 0.05) is 23.2 Å². The number of anilines is 1. The molecule has 0 aliphatic carbocycles. The molecule has 0 atom stereocenters. The molecule has 4 heteroatoms. The van der Waals surface area contributed by atoms with E-state index < -0.39 is 0 Å². The third kappa shape index (κ3) is 6.26. The van der Waals surface area contributed by atoms with E-state index in [1.165, 1.54) is 0 Å². The van der Waals surface area contributed by atoms with E-state index in [1.807, 2.05) is 45.9 Å². The molecule has 108 valence electrons. The maximum atomic E-state index is 11.8. The Morgan fingerprint density at radius 2 is 2.00 bits per heavy atom. The van der Waals surface area contributed by atoms with Gasteiger partial charge in [-0.15, -0.1) is 0 Å². The van der Waals surface area contributed by atoms with Gasteiger partial charge >= 0.3 is 6.03 Å². The molecule has 0 aliphatic rings. The quantitative estimate of drug-likeness (QED) is 0.726. The molecule has 4 nitrogen and oxygen atoms in total. The Morgan fingerprint density at radius 1 is 1.30 bits per heavy atom. The van der Waals surface area contributed by atoms with E-state index in [0.29, 0.717) is 12.1 Å². The largest absolute Gasteiger partial charge is 0.395 e. The fourth-order valence-corrected chi connectivity index (χ4v) is 1.65. The van der Waals surface area contributed by atoms with Crippen molar-refractivity contribution >= 4 is 11.7 Å². The molecule has 0 bridgehead atoms. The van der Waals surface area contributed by atoms with Crippen LogP contribution in [0.3, 0.4) is 0 Å². The first kappa shape index (κ1) is 16.1. The van der Waals surface area contributed by atoms with Crippen molar-refractivity contribution in [1.82, 2.24) is 5.32 Å². The maximum Gasteiger partial charge on any atom is 0.319 e. The molecule has 0 heterocycles. The Labute approximate surface area is 120 Å². The fraction of sp³-hybridized carbons (Fsp3) is 0.438. The highest BCUT2D eigenvalue weighted by Gasteiger charge is 2.13. The maximum absolute atomic E-state index is 11.8. The number of aryl methyl sites for hydroxylation is 1. The number of nitrogens with one attached hydrogen (secondary N) is 2. The Balaban J connectivity index is 2.81. The summed E-state index contributed by atoms with van der Waals surface area (Å²) < 4.78 is 0. The second-order valence-electron chi connectivity index (χ2n) is 5.69. The van der Waals surface area contributed by atoms with E-state index in [4.69, 9.17) is 5.11 Å². The molecule has 0 aliphatic heterocycles. The van der Waals surface area contributed by atoms with Gasteiger partial charge in [-0.25, -0.2) is 4.79 Å². The first-order chi connectivity index (χ1) is 9.30. The van der Waals surface area contributed by atoms with Gasteiger partial charge in [0.15, 0.2) is 0 Å². The molecule has 1 rings (SSSR count). The Kier molecular flexibility index (Phi) is 5.60. The summed E-state index contributed by atoms with van der Waals surface area (Å²) in [6, 6.07) is 5.41. The van der Waals surface area contributed by atoms with Crippen LogP contribution >= 0.6 is 0 Å². The molecule has 0 unspecified atom stereocenters. The molecule has 0 radical (unpaired) electrons. The lowest BCUT2D eigenvalue weighted by molar-refractivity contribution is 0.244. The average Bonchev–Trinajstić information content (AvgIpc) is 2.25. The summed E-state index contributed by atoms with van der Waals surface area (Å²) in [6.45, 7) is 7.78. The van der Waals surface area contributed by atoms with Crippen LogP contribution in [0.25, 0.3) is 0 Å². The number of aliphatic hydroxyl groups is 1. The topological polar surface area (TPSA) is 61.4 Å². The van der Waals surface area contributed by atoms with Crippen LogP contribution in [0.1, 0.15) is 38.3 Å². The van der Waals surface area contributed by atoms with E-state index in [1.54, 1.807) is 0 Å². The van der Waals surface area contributed by atoms with Crippen LogP contribution in [0.4, 0.5) is 10.5 Å². The van der Waals surface area contributed by atoms with Crippen molar-refractivity contribution in [3.8, 4) is 11.8 Å². The predicted molar refractivity (Wildman–Crippen MR) is 81.7 cm³/mol. The first-order valence-electron chi connectivity index (χ1n) is 6.61. The van der Waals surface area contributed by atoms with Crippen molar-refractivity contribution in [2.45, 2.75) is 39.7 Å². The number of hydrogen-bond donors (Lipinski definition) is 3.